The van der Waals surface area contributed by atoms with Gasteiger partial charge in [0.05, 0.1) is 6.04 Å². The van der Waals surface area contributed by atoms with Crippen LogP contribution in [-0.2, 0) is 0 Å². The van der Waals surface area contributed by atoms with E-state index in [0.29, 0.717) is 27.3 Å². The first-order valence-corrected chi connectivity index (χ1v) is 6.41. The van der Waals surface area contributed by atoms with Crippen LogP contribution in [0.1, 0.15) is 31.6 Å². The van der Waals surface area contributed by atoms with Gasteiger partial charge in [0, 0.05) is 15.6 Å². The predicted octanol–water partition coefficient (Wildman–Crippen LogP) is 3.84. The van der Waals surface area contributed by atoms with E-state index in [1.54, 1.807) is 18.2 Å². The summed E-state index contributed by atoms with van der Waals surface area (Å²) in [5.74, 6) is 0.879. The van der Waals surface area contributed by atoms with Gasteiger partial charge in [0.15, 0.2) is 5.82 Å². The molecule has 0 aliphatic heterocycles. The molecule has 0 radical (unpaired) electrons. The molecule has 0 spiro atoms. The third kappa shape index (κ3) is 3.02. The predicted molar refractivity (Wildman–Crippen MR) is 71.6 cm³/mol. The molecule has 2 rings (SSSR count). The van der Waals surface area contributed by atoms with Crippen LogP contribution < -0.4 is 5.73 Å². The molecular weight excluding hydrogens is 273 g/mol. The number of halogens is 2. The molecule has 0 saturated heterocycles. The lowest BCUT2D eigenvalue weighted by Crippen LogP contribution is -2.11. The van der Waals surface area contributed by atoms with Gasteiger partial charge in [-0.05, 0) is 24.6 Å². The van der Waals surface area contributed by atoms with Crippen LogP contribution in [0.25, 0.3) is 11.5 Å². The monoisotopic (exact) mass is 285 g/mol. The lowest BCUT2D eigenvalue weighted by atomic mass is 10.2. The minimum absolute atomic E-state index is 0.206. The molecule has 0 saturated carbocycles. The first-order chi connectivity index (χ1) is 8.60. The maximum absolute atomic E-state index is 5.92. The van der Waals surface area contributed by atoms with E-state index in [0.717, 1.165) is 12.8 Å². The summed E-state index contributed by atoms with van der Waals surface area (Å²) >= 11 is 11.8. The summed E-state index contributed by atoms with van der Waals surface area (Å²) in [5.41, 5.74) is 6.61. The fourth-order valence-corrected chi connectivity index (χ4v) is 2.15. The molecule has 96 valence electrons. The molecular formula is C12H13Cl2N3O. The second-order valence-corrected chi connectivity index (χ2v) is 4.88. The Hall–Kier alpha value is -1.10. The maximum atomic E-state index is 5.92. The molecule has 0 fully saturated rings. The topological polar surface area (TPSA) is 64.9 Å². The number of hydrogen-bond donors (Lipinski definition) is 1. The Morgan fingerprint density at radius 3 is 2.56 bits per heavy atom. The Morgan fingerprint density at radius 2 is 1.94 bits per heavy atom. The molecule has 4 nitrogen and oxygen atoms in total. The van der Waals surface area contributed by atoms with Crippen LogP contribution in [0.4, 0.5) is 0 Å². The van der Waals surface area contributed by atoms with Crippen LogP contribution in [0.3, 0.4) is 0 Å². The zero-order chi connectivity index (χ0) is 13.1. The Balaban J connectivity index is 2.29. The molecule has 18 heavy (non-hydrogen) atoms. The van der Waals surface area contributed by atoms with E-state index < -0.39 is 0 Å². The SMILES string of the molecule is CCCC(N)c1noc(-c2cc(Cl)cc(Cl)c2)n1. The quantitative estimate of drug-likeness (QED) is 0.927. The van der Waals surface area contributed by atoms with Gasteiger partial charge in [-0.1, -0.05) is 41.7 Å². The normalized spacial score (nSPS) is 12.7. The highest BCUT2D eigenvalue weighted by molar-refractivity contribution is 6.35. The third-order valence-electron chi connectivity index (χ3n) is 2.48. The summed E-state index contributed by atoms with van der Waals surface area (Å²) in [5, 5.41) is 4.92. The number of benzene rings is 1. The number of aromatic nitrogens is 2. The van der Waals surface area contributed by atoms with Gasteiger partial charge in [0.25, 0.3) is 5.89 Å². The van der Waals surface area contributed by atoms with Crippen molar-refractivity contribution in [1.29, 1.82) is 0 Å². The average Bonchev–Trinajstić information content (AvgIpc) is 2.77. The van der Waals surface area contributed by atoms with Crippen LogP contribution in [-0.4, -0.2) is 10.1 Å². The Morgan fingerprint density at radius 1 is 1.28 bits per heavy atom. The zero-order valence-electron chi connectivity index (χ0n) is 9.86. The van der Waals surface area contributed by atoms with Crippen molar-refractivity contribution in [2.45, 2.75) is 25.8 Å². The molecule has 0 aliphatic rings. The summed E-state index contributed by atoms with van der Waals surface area (Å²) in [7, 11) is 0. The minimum atomic E-state index is -0.206. The van der Waals surface area contributed by atoms with Gasteiger partial charge >= 0.3 is 0 Å². The van der Waals surface area contributed by atoms with Crippen LogP contribution in [0.2, 0.25) is 10.0 Å². The number of hydrogen-bond acceptors (Lipinski definition) is 4. The van der Waals surface area contributed by atoms with Gasteiger partial charge in [-0.25, -0.2) is 0 Å². The lowest BCUT2D eigenvalue weighted by molar-refractivity contribution is 0.413. The average molecular weight is 286 g/mol. The number of nitrogens with two attached hydrogens (primary N) is 1. The molecule has 1 aromatic carbocycles. The summed E-state index contributed by atoms with van der Waals surface area (Å²) in [4.78, 5) is 4.26. The number of nitrogens with zero attached hydrogens (tertiary/aromatic N) is 2. The summed E-state index contributed by atoms with van der Waals surface area (Å²) < 4.78 is 5.17. The maximum Gasteiger partial charge on any atom is 0.258 e. The van der Waals surface area contributed by atoms with Crippen molar-refractivity contribution in [3.8, 4) is 11.5 Å². The van der Waals surface area contributed by atoms with E-state index in [1.807, 2.05) is 0 Å². The molecule has 0 aliphatic carbocycles. The first-order valence-electron chi connectivity index (χ1n) is 5.65. The fraction of sp³-hybridized carbons (Fsp3) is 0.333. The van der Waals surface area contributed by atoms with Gasteiger partial charge in [0.1, 0.15) is 0 Å². The molecule has 1 aromatic heterocycles. The molecule has 2 N–H and O–H groups in total. The smallest absolute Gasteiger partial charge is 0.258 e. The second-order valence-electron chi connectivity index (χ2n) is 4.01. The lowest BCUT2D eigenvalue weighted by Gasteiger charge is -2.02. The van der Waals surface area contributed by atoms with Crippen LogP contribution in [0, 0.1) is 0 Å². The van der Waals surface area contributed by atoms with Crippen LogP contribution in [0.15, 0.2) is 22.7 Å². The van der Waals surface area contributed by atoms with Crippen molar-refractivity contribution in [3.05, 3.63) is 34.1 Å². The van der Waals surface area contributed by atoms with Crippen molar-refractivity contribution in [3.63, 3.8) is 0 Å². The van der Waals surface area contributed by atoms with Gasteiger partial charge in [0.2, 0.25) is 0 Å². The third-order valence-corrected chi connectivity index (χ3v) is 2.92. The summed E-state index contributed by atoms with van der Waals surface area (Å²) in [6.07, 6.45) is 1.78. The van der Waals surface area contributed by atoms with Gasteiger partial charge in [-0.3, -0.25) is 0 Å². The molecule has 0 bridgehead atoms. The molecule has 1 unspecified atom stereocenters. The number of rotatable bonds is 4. The van der Waals surface area contributed by atoms with Crippen molar-refractivity contribution in [2.75, 3.05) is 0 Å². The van der Waals surface area contributed by atoms with E-state index in [4.69, 9.17) is 33.5 Å². The van der Waals surface area contributed by atoms with E-state index in [2.05, 4.69) is 17.1 Å². The second kappa shape index (κ2) is 5.69. The van der Waals surface area contributed by atoms with E-state index in [9.17, 15) is 0 Å². The van der Waals surface area contributed by atoms with Crippen LogP contribution in [0.5, 0.6) is 0 Å². The van der Waals surface area contributed by atoms with E-state index >= 15 is 0 Å². The largest absolute Gasteiger partial charge is 0.334 e. The Kier molecular flexibility index (Phi) is 4.22. The van der Waals surface area contributed by atoms with Gasteiger partial charge < -0.3 is 10.3 Å². The van der Waals surface area contributed by atoms with Crippen molar-refractivity contribution in [2.24, 2.45) is 5.73 Å². The zero-order valence-corrected chi connectivity index (χ0v) is 11.4. The van der Waals surface area contributed by atoms with Crippen molar-refractivity contribution < 1.29 is 4.52 Å². The molecule has 0 amide bonds. The highest BCUT2D eigenvalue weighted by Crippen LogP contribution is 2.27. The summed E-state index contributed by atoms with van der Waals surface area (Å²) in [6.45, 7) is 2.05. The van der Waals surface area contributed by atoms with E-state index in [-0.39, 0.29) is 6.04 Å². The van der Waals surface area contributed by atoms with Crippen molar-refractivity contribution >= 4 is 23.2 Å². The highest BCUT2D eigenvalue weighted by Gasteiger charge is 2.15. The van der Waals surface area contributed by atoms with E-state index in [1.165, 1.54) is 0 Å². The van der Waals surface area contributed by atoms with Gasteiger partial charge in [-0.2, -0.15) is 4.98 Å². The Labute approximate surface area is 115 Å². The standard InChI is InChI=1S/C12H13Cl2N3O/c1-2-3-10(15)11-16-12(18-17-11)7-4-8(13)6-9(14)5-7/h4-6,10H,2-3,15H2,1H3. The highest BCUT2D eigenvalue weighted by atomic mass is 35.5. The minimum Gasteiger partial charge on any atom is -0.334 e. The molecule has 6 heteroatoms. The Bertz CT molecular complexity index is 522. The molecule has 1 atom stereocenters. The molecule has 1 heterocycles. The van der Waals surface area contributed by atoms with Crippen LogP contribution >= 0.6 is 23.2 Å². The fourth-order valence-electron chi connectivity index (χ4n) is 1.62. The summed E-state index contributed by atoms with van der Waals surface area (Å²) in [6, 6.07) is 4.88. The first kappa shape index (κ1) is 13.3. The molecule has 2 aromatic rings. The van der Waals surface area contributed by atoms with Gasteiger partial charge in [-0.15, -0.1) is 0 Å². The van der Waals surface area contributed by atoms with Crippen molar-refractivity contribution in [1.82, 2.24) is 10.1 Å².